The average Bonchev–Trinajstić information content (AvgIpc) is 1.66. The van der Waals surface area contributed by atoms with E-state index in [-0.39, 0.29) is 4.58 Å². The van der Waals surface area contributed by atoms with Crippen molar-refractivity contribution in [2.24, 2.45) is 0 Å². The fraction of sp³-hybridized carbons (Fsp3) is 0.667. The Morgan fingerprint density at radius 1 is 1.50 bits per heavy atom. The van der Waals surface area contributed by atoms with Crippen LogP contribution in [-0.2, 0) is 0 Å². The van der Waals surface area contributed by atoms with Gasteiger partial charge in [-0.3, -0.25) is 0 Å². The molecular weight excluding hydrogens is 136 g/mol. The lowest BCUT2D eigenvalue weighted by Crippen LogP contribution is -1.82. The van der Waals surface area contributed by atoms with Crippen LogP contribution in [0.2, 0.25) is 0 Å². The molecule has 0 aliphatic heterocycles. The van der Waals surface area contributed by atoms with Crippen LogP contribution in [0.5, 0.6) is 0 Å². The molecule has 0 bridgehead atoms. The number of rotatable bonds is 3. The van der Waals surface area contributed by atoms with E-state index < -0.39 is 0 Å². The largest absolute Gasteiger partial charge is 0.165 e. The maximum absolute atomic E-state index is 4.10. The molecule has 0 N–H and O–H groups in total. The molecule has 8 heavy (non-hydrogen) atoms. The topological polar surface area (TPSA) is 0 Å². The second-order valence-corrected chi connectivity index (χ2v) is 3.28. The maximum atomic E-state index is 4.10. The highest BCUT2D eigenvalue weighted by Gasteiger charge is 1.89. The lowest BCUT2D eigenvalue weighted by molar-refractivity contribution is 0.944. The zero-order chi connectivity index (χ0) is 6.41. The molecule has 48 valence electrons. The van der Waals surface area contributed by atoms with Crippen LogP contribution in [0, 0.1) is 0 Å². The second kappa shape index (κ2) is 5.57. The molecule has 0 amide bonds. The zero-order valence-electron chi connectivity index (χ0n) is 5.04. The summed E-state index contributed by atoms with van der Waals surface area (Å²) in [5, 5.41) is 0. The number of hydrogen-bond donors (Lipinski definition) is 2. The molecule has 0 saturated carbocycles. The molecule has 0 saturated heterocycles. The maximum Gasteiger partial charge on any atom is 0.0445 e. The van der Waals surface area contributed by atoms with E-state index in [9.17, 15) is 0 Å². The minimum absolute atomic E-state index is 0.242. The van der Waals surface area contributed by atoms with Crippen molar-refractivity contribution in [3.05, 3.63) is 12.2 Å². The summed E-state index contributed by atoms with van der Waals surface area (Å²) < 4.78 is 0.242. The smallest absolute Gasteiger partial charge is 0.0445 e. The van der Waals surface area contributed by atoms with Gasteiger partial charge in [0.15, 0.2) is 0 Å². The van der Waals surface area contributed by atoms with Gasteiger partial charge < -0.3 is 0 Å². The molecule has 0 spiro atoms. The van der Waals surface area contributed by atoms with Crippen molar-refractivity contribution in [2.75, 3.05) is 0 Å². The summed E-state index contributed by atoms with van der Waals surface area (Å²) in [6, 6.07) is 0. The van der Waals surface area contributed by atoms with Gasteiger partial charge in [-0.05, 0) is 19.8 Å². The van der Waals surface area contributed by atoms with Crippen LogP contribution >= 0.6 is 25.3 Å². The first-order chi connectivity index (χ1) is 3.77. The van der Waals surface area contributed by atoms with E-state index in [0.29, 0.717) is 0 Å². The van der Waals surface area contributed by atoms with Crippen LogP contribution in [-0.4, -0.2) is 4.58 Å². The summed E-state index contributed by atoms with van der Waals surface area (Å²) >= 11 is 8.20. The van der Waals surface area contributed by atoms with E-state index in [1.807, 2.05) is 13.0 Å². The summed E-state index contributed by atoms with van der Waals surface area (Å²) in [4.78, 5) is 0. The van der Waals surface area contributed by atoms with Gasteiger partial charge in [-0.15, -0.1) is 0 Å². The van der Waals surface area contributed by atoms with Gasteiger partial charge in [0.25, 0.3) is 0 Å². The summed E-state index contributed by atoms with van der Waals surface area (Å²) in [7, 11) is 0. The minimum atomic E-state index is 0.242. The molecule has 0 radical (unpaired) electrons. The average molecular weight is 148 g/mol. The van der Waals surface area contributed by atoms with Crippen LogP contribution in [0.1, 0.15) is 19.8 Å². The Bertz CT molecular complexity index is 66.9. The number of hydrogen-bond acceptors (Lipinski definition) is 2. The highest BCUT2D eigenvalue weighted by Crippen LogP contribution is 2.07. The first-order valence-corrected chi connectivity index (χ1v) is 3.78. The van der Waals surface area contributed by atoms with Gasteiger partial charge in [0.2, 0.25) is 0 Å². The molecule has 0 heterocycles. The fourth-order valence-electron chi connectivity index (χ4n) is 0.412. The molecule has 0 atom stereocenters. The Morgan fingerprint density at radius 3 is 2.50 bits per heavy atom. The summed E-state index contributed by atoms with van der Waals surface area (Å²) in [5.74, 6) is 0. The Kier molecular flexibility index (Phi) is 5.88. The van der Waals surface area contributed by atoms with Crippen molar-refractivity contribution in [2.45, 2.75) is 24.3 Å². The summed E-state index contributed by atoms with van der Waals surface area (Å²) in [6.07, 6.45) is 6.31. The highest BCUT2D eigenvalue weighted by atomic mass is 32.2. The monoisotopic (exact) mass is 148 g/mol. The molecular formula is C6H12S2. The van der Waals surface area contributed by atoms with Crippen molar-refractivity contribution in [1.82, 2.24) is 0 Å². The van der Waals surface area contributed by atoms with Crippen LogP contribution < -0.4 is 0 Å². The van der Waals surface area contributed by atoms with Crippen molar-refractivity contribution < 1.29 is 0 Å². The van der Waals surface area contributed by atoms with E-state index in [0.717, 1.165) is 12.8 Å². The Hall–Kier alpha value is 0.440. The fourth-order valence-corrected chi connectivity index (χ4v) is 0.710. The van der Waals surface area contributed by atoms with E-state index >= 15 is 0 Å². The minimum Gasteiger partial charge on any atom is -0.165 e. The third kappa shape index (κ3) is 6.44. The molecule has 0 aromatic heterocycles. The van der Waals surface area contributed by atoms with Crippen molar-refractivity contribution >= 4 is 25.3 Å². The van der Waals surface area contributed by atoms with Gasteiger partial charge in [0, 0.05) is 4.58 Å². The van der Waals surface area contributed by atoms with Crippen LogP contribution in [0.25, 0.3) is 0 Å². The van der Waals surface area contributed by atoms with Crippen molar-refractivity contribution in [3.63, 3.8) is 0 Å². The normalized spacial score (nSPS) is 11.5. The first-order valence-electron chi connectivity index (χ1n) is 2.74. The van der Waals surface area contributed by atoms with Gasteiger partial charge in [-0.25, -0.2) is 0 Å². The molecule has 0 aliphatic rings. The third-order valence-corrected chi connectivity index (χ3v) is 1.34. The van der Waals surface area contributed by atoms with Crippen molar-refractivity contribution in [1.29, 1.82) is 0 Å². The molecule has 0 nitrogen and oxygen atoms in total. The number of thiol groups is 2. The molecule has 0 aromatic rings. The van der Waals surface area contributed by atoms with Crippen LogP contribution in [0.4, 0.5) is 0 Å². The van der Waals surface area contributed by atoms with Gasteiger partial charge in [0.1, 0.15) is 0 Å². The Labute approximate surface area is 62.2 Å². The first kappa shape index (κ1) is 8.44. The Morgan fingerprint density at radius 2 is 2.12 bits per heavy atom. The molecule has 0 aliphatic carbocycles. The van der Waals surface area contributed by atoms with Crippen molar-refractivity contribution in [3.8, 4) is 0 Å². The molecule has 2 heteroatoms. The SMILES string of the molecule is CC=CCCC(S)S. The lowest BCUT2D eigenvalue weighted by Gasteiger charge is -1.96. The van der Waals surface area contributed by atoms with Gasteiger partial charge in [0.05, 0.1) is 0 Å². The number of allylic oxidation sites excluding steroid dienone is 2. The van der Waals surface area contributed by atoms with E-state index in [1.165, 1.54) is 0 Å². The molecule has 0 rings (SSSR count). The van der Waals surface area contributed by atoms with Crippen LogP contribution in [0.3, 0.4) is 0 Å². The third-order valence-electron chi connectivity index (χ3n) is 0.827. The van der Waals surface area contributed by atoms with E-state index in [4.69, 9.17) is 0 Å². The predicted molar refractivity (Wildman–Crippen MR) is 45.8 cm³/mol. The quantitative estimate of drug-likeness (QED) is 0.343. The van der Waals surface area contributed by atoms with Gasteiger partial charge >= 0.3 is 0 Å². The standard InChI is InChI=1S/C6H12S2/c1-2-3-4-5-6(7)8/h2-3,6-8H,4-5H2,1H3. The Balaban J connectivity index is 2.93. The second-order valence-electron chi connectivity index (χ2n) is 1.63. The highest BCUT2D eigenvalue weighted by molar-refractivity contribution is 7.99. The summed E-state index contributed by atoms with van der Waals surface area (Å²) in [5.41, 5.74) is 0. The molecule has 0 fully saturated rings. The molecule has 0 unspecified atom stereocenters. The van der Waals surface area contributed by atoms with Gasteiger partial charge in [-0.1, -0.05) is 12.2 Å². The van der Waals surface area contributed by atoms with E-state index in [2.05, 4.69) is 31.3 Å². The zero-order valence-corrected chi connectivity index (χ0v) is 6.83. The van der Waals surface area contributed by atoms with Gasteiger partial charge in [-0.2, -0.15) is 25.3 Å². The predicted octanol–water partition coefficient (Wildman–Crippen LogP) is 2.53. The summed E-state index contributed by atoms with van der Waals surface area (Å²) in [6.45, 7) is 2.02. The van der Waals surface area contributed by atoms with Crippen LogP contribution in [0.15, 0.2) is 12.2 Å². The van der Waals surface area contributed by atoms with E-state index in [1.54, 1.807) is 0 Å². The molecule has 0 aromatic carbocycles. The lowest BCUT2D eigenvalue weighted by atomic mass is 10.3.